The number of amides is 1. The second-order valence-corrected chi connectivity index (χ2v) is 7.02. The highest BCUT2D eigenvalue weighted by Gasteiger charge is 2.19. The van der Waals surface area contributed by atoms with Crippen LogP contribution in [0.15, 0.2) is 42.5 Å². The van der Waals surface area contributed by atoms with Gasteiger partial charge in [0.15, 0.2) is 0 Å². The molecule has 1 aliphatic rings. The van der Waals surface area contributed by atoms with E-state index in [4.69, 9.17) is 0 Å². The minimum absolute atomic E-state index is 0.304. The summed E-state index contributed by atoms with van der Waals surface area (Å²) >= 11 is 0. The van der Waals surface area contributed by atoms with E-state index in [1.54, 1.807) is 12.1 Å². The molecule has 150 valence electrons. The van der Waals surface area contributed by atoms with Gasteiger partial charge in [-0.1, -0.05) is 26.0 Å². The predicted molar refractivity (Wildman–Crippen MR) is 113 cm³/mol. The first-order valence-electron chi connectivity index (χ1n) is 9.98. The second kappa shape index (κ2) is 9.66. The summed E-state index contributed by atoms with van der Waals surface area (Å²) in [6, 6.07) is 12.4. The number of halogens is 1. The van der Waals surface area contributed by atoms with Crippen molar-refractivity contribution in [2.45, 2.75) is 20.4 Å². The molecule has 2 aromatic rings. The summed E-state index contributed by atoms with van der Waals surface area (Å²) in [5.41, 5.74) is 2.69. The number of likely N-dealkylation sites (N-methyl/N-ethyl adjacent to an activating group) is 1. The van der Waals surface area contributed by atoms with Gasteiger partial charge in [-0.05, 0) is 49.0 Å². The zero-order valence-corrected chi connectivity index (χ0v) is 16.7. The maximum Gasteiger partial charge on any atom is 0.255 e. The molecule has 0 aromatic heterocycles. The lowest BCUT2D eigenvalue weighted by Crippen LogP contribution is -2.46. The van der Waals surface area contributed by atoms with Gasteiger partial charge in [-0.25, -0.2) is 4.39 Å². The van der Waals surface area contributed by atoms with Gasteiger partial charge in [0.2, 0.25) is 0 Å². The van der Waals surface area contributed by atoms with Crippen molar-refractivity contribution in [3.63, 3.8) is 0 Å². The normalized spacial score (nSPS) is 14.9. The number of rotatable bonds is 7. The summed E-state index contributed by atoms with van der Waals surface area (Å²) < 4.78 is 14.7. The average Bonchev–Trinajstić information content (AvgIpc) is 2.72. The standard InChI is InChI=1S/C22H29FN4O/c1-3-24-16-17-6-5-7-19(14-17)25-22(28)18-8-9-21(20(23)15-18)27-12-10-26(4-2)11-13-27/h5-9,14-15,24H,3-4,10-13,16H2,1-2H3,(H,25,28). The van der Waals surface area contributed by atoms with Crippen LogP contribution in [-0.2, 0) is 6.54 Å². The smallest absolute Gasteiger partial charge is 0.255 e. The number of nitrogens with zero attached hydrogens (tertiary/aromatic N) is 2. The third-order valence-corrected chi connectivity index (χ3v) is 5.13. The summed E-state index contributed by atoms with van der Waals surface area (Å²) in [5.74, 6) is -0.652. The van der Waals surface area contributed by atoms with E-state index in [9.17, 15) is 9.18 Å². The molecular weight excluding hydrogens is 355 g/mol. The summed E-state index contributed by atoms with van der Waals surface area (Å²) in [6.45, 7) is 10.3. The van der Waals surface area contributed by atoms with Crippen LogP contribution in [0.1, 0.15) is 29.8 Å². The van der Waals surface area contributed by atoms with Gasteiger partial charge < -0.3 is 20.4 Å². The Balaban J connectivity index is 1.65. The predicted octanol–water partition coefficient (Wildman–Crippen LogP) is 3.33. The topological polar surface area (TPSA) is 47.6 Å². The van der Waals surface area contributed by atoms with Crippen molar-refractivity contribution >= 4 is 17.3 Å². The van der Waals surface area contributed by atoms with E-state index in [0.29, 0.717) is 16.9 Å². The number of nitrogens with one attached hydrogen (secondary N) is 2. The van der Waals surface area contributed by atoms with Gasteiger partial charge in [-0.3, -0.25) is 4.79 Å². The highest BCUT2D eigenvalue weighted by molar-refractivity contribution is 6.04. The monoisotopic (exact) mass is 384 g/mol. The molecule has 1 aliphatic heterocycles. The van der Waals surface area contributed by atoms with Crippen molar-refractivity contribution in [3.8, 4) is 0 Å². The second-order valence-electron chi connectivity index (χ2n) is 7.02. The Hall–Kier alpha value is -2.44. The van der Waals surface area contributed by atoms with Gasteiger partial charge in [0, 0.05) is 44.0 Å². The van der Waals surface area contributed by atoms with E-state index >= 15 is 0 Å². The molecule has 0 aliphatic carbocycles. The van der Waals surface area contributed by atoms with Gasteiger partial charge in [-0.15, -0.1) is 0 Å². The molecule has 1 fully saturated rings. The molecular formula is C22H29FN4O. The molecule has 5 nitrogen and oxygen atoms in total. The van der Waals surface area contributed by atoms with Crippen molar-refractivity contribution in [1.29, 1.82) is 0 Å². The van der Waals surface area contributed by atoms with Crippen molar-refractivity contribution < 1.29 is 9.18 Å². The number of carbonyl (C=O) groups excluding carboxylic acids is 1. The van der Waals surface area contributed by atoms with Crippen molar-refractivity contribution in [2.24, 2.45) is 0 Å². The first-order chi connectivity index (χ1) is 13.6. The van der Waals surface area contributed by atoms with Crippen LogP contribution in [0.3, 0.4) is 0 Å². The minimum atomic E-state index is -0.349. The van der Waals surface area contributed by atoms with E-state index in [-0.39, 0.29) is 11.7 Å². The van der Waals surface area contributed by atoms with Crippen molar-refractivity contribution in [1.82, 2.24) is 10.2 Å². The van der Waals surface area contributed by atoms with E-state index in [1.165, 1.54) is 6.07 Å². The van der Waals surface area contributed by atoms with Crippen LogP contribution in [0, 0.1) is 5.82 Å². The fourth-order valence-corrected chi connectivity index (χ4v) is 3.44. The van der Waals surface area contributed by atoms with Crippen LogP contribution in [0.4, 0.5) is 15.8 Å². The molecule has 0 spiro atoms. The molecule has 0 saturated carbocycles. The average molecular weight is 384 g/mol. The molecule has 3 rings (SSSR count). The van der Waals surface area contributed by atoms with Crippen molar-refractivity contribution in [2.75, 3.05) is 49.5 Å². The molecule has 1 heterocycles. The highest BCUT2D eigenvalue weighted by atomic mass is 19.1. The third kappa shape index (κ3) is 5.09. The van der Waals surface area contributed by atoms with E-state index < -0.39 is 0 Å². The van der Waals surface area contributed by atoms with E-state index in [2.05, 4.69) is 22.5 Å². The molecule has 1 saturated heterocycles. The number of carbonyl (C=O) groups is 1. The molecule has 2 N–H and O–H groups in total. The van der Waals surface area contributed by atoms with Gasteiger partial charge >= 0.3 is 0 Å². The summed E-state index contributed by atoms with van der Waals surface area (Å²) in [6.07, 6.45) is 0. The molecule has 6 heteroatoms. The van der Waals surface area contributed by atoms with Gasteiger partial charge in [0.25, 0.3) is 5.91 Å². The number of benzene rings is 2. The van der Waals surface area contributed by atoms with Crippen LogP contribution in [0.25, 0.3) is 0 Å². The molecule has 0 unspecified atom stereocenters. The van der Waals surface area contributed by atoms with Gasteiger partial charge in [0.1, 0.15) is 5.82 Å². The first kappa shape index (κ1) is 20.3. The van der Waals surface area contributed by atoms with Crippen LogP contribution < -0.4 is 15.5 Å². The Labute approximate surface area is 166 Å². The lowest BCUT2D eigenvalue weighted by Gasteiger charge is -2.35. The first-order valence-corrected chi connectivity index (χ1v) is 9.98. The Morgan fingerprint density at radius 1 is 1.07 bits per heavy atom. The highest BCUT2D eigenvalue weighted by Crippen LogP contribution is 2.23. The van der Waals surface area contributed by atoms with Crippen molar-refractivity contribution in [3.05, 3.63) is 59.4 Å². The lowest BCUT2D eigenvalue weighted by molar-refractivity contribution is 0.102. The molecule has 2 aromatic carbocycles. The maximum absolute atomic E-state index is 14.7. The summed E-state index contributed by atoms with van der Waals surface area (Å²) in [5, 5.41) is 6.12. The van der Waals surface area contributed by atoms with Crippen LogP contribution in [-0.4, -0.2) is 50.1 Å². The zero-order valence-electron chi connectivity index (χ0n) is 16.7. The molecule has 28 heavy (non-hydrogen) atoms. The number of anilines is 2. The zero-order chi connectivity index (χ0) is 19.9. The van der Waals surface area contributed by atoms with Gasteiger partial charge in [0.05, 0.1) is 5.69 Å². The fourth-order valence-electron chi connectivity index (χ4n) is 3.44. The Morgan fingerprint density at radius 3 is 2.54 bits per heavy atom. The van der Waals surface area contributed by atoms with Crippen LogP contribution >= 0.6 is 0 Å². The number of piperazine rings is 1. The fraction of sp³-hybridized carbons (Fsp3) is 0.409. The molecule has 0 bridgehead atoms. The van der Waals surface area contributed by atoms with Gasteiger partial charge in [-0.2, -0.15) is 0 Å². The molecule has 0 atom stereocenters. The number of hydrogen-bond donors (Lipinski definition) is 2. The summed E-state index contributed by atoms with van der Waals surface area (Å²) in [7, 11) is 0. The maximum atomic E-state index is 14.7. The summed E-state index contributed by atoms with van der Waals surface area (Å²) in [4.78, 5) is 16.9. The van der Waals surface area contributed by atoms with E-state index in [0.717, 1.165) is 51.4 Å². The Morgan fingerprint density at radius 2 is 1.86 bits per heavy atom. The van der Waals surface area contributed by atoms with Crippen LogP contribution in [0.2, 0.25) is 0 Å². The number of hydrogen-bond acceptors (Lipinski definition) is 4. The van der Waals surface area contributed by atoms with Crippen LogP contribution in [0.5, 0.6) is 0 Å². The molecule has 0 radical (unpaired) electrons. The lowest BCUT2D eigenvalue weighted by atomic mass is 10.1. The van der Waals surface area contributed by atoms with E-state index in [1.807, 2.05) is 36.1 Å². The minimum Gasteiger partial charge on any atom is -0.367 e. The third-order valence-electron chi connectivity index (χ3n) is 5.13. The SMILES string of the molecule is CCNCc1cccc(NC(=O)c2ccc(N3CCN(CC)CC3)c(F)c2)c1. The molecule has 1 amide bonds. The largest absolute Gasteiger partial charge is 0.367 e. The Kier molecular flexibility index (Phi) is 7.01. The Bertz CT molecular complexity index is 803. The quantitative estimate of drug-likeness (QED) is 0.769.